The van der Waals surface area contributed by atoms with Crippen LogP contribution in [0, 0.1) is 11.8 Å². The maximum absolute atomic E-state index is 12.3. The Kier molecular flexibility index (Phi) is 0.912. The van der Waals surface area contributed by atoms with E-state index in [4.69, 9.17) is 11.8 Å². The number of halogens is 3. The molecule has 1 saturated heterocycles. The lowest BCUT2D eigenvalue weighted by Gasteiger charge is -2.08. The molecule has 4 heteroatoms. The quantitative estimate of drug-likeness (QED) is 0.475. The molecule has 0 aromatic rings. The SMILES string of the molecule is FC1(F)C2CN(Cl)CC21. The first-order valence-electron chi connectivity index (χ1n) is 2.91. The highest BCUT2D eigenvalue weighted by molar-refractivity contribution is 6.13. The molecule has 2 aliphatic rings. The summed E-state index contributed by atoms with van der Waals surface area (Å²) in [5.74, 6) is -3.25. The Morgan fingerprint density at radius 2 is 1.78 bits per heavy atom. The van der Waals surface area contributed by atoms with Crippen molar-refractivity contribution in [3.63, 3.8) is 0 Å². The molecule has 2 atom stereocenters. The Morgan fingerprint density at radius 3 is 2.11 bits per heavy atom. The Morgan fingerprint density at radius 1 is 1.33 bits per heavy atom. The summed E-state index contributed by atoms with van der Waals surface area (Å²) in [7, 11) is 0. The van der Waals surface area contributed by atoms with E-state index in [1.54, 1.807) is 0 Å². The second kappa shape index (κ2) is 1.40. The summed E-state index contributed by atoms with van der Waals surface area (Å²) in [6.45, 7) is 0.721. The molecule has 0 radical (unpaired) electrons. The van der Waals surface area contributed by atoms with E-state index in [1.165, 1.54) is 4.42 Å². The standard InChI is InChI=1S/C5H6ClF2N/c6-9-1-3-4(2-9)5(3,7)8/h3-4H,1-2H2. The smallest absolute Gasteiger partial charge is 0.219 e. The van der Waals surface area contributed by atoms with Crippen molar-refractivity contribution in [1.82, 2.24) is 4.42 Å². The molecule has 0 spiro atoms. The van der Waals surface area contributed by atoms with Gasteiger partial charge in [-0.3, -0.25) is 0 Å². The van der Waals surface area contributed by atoms with Crippen LogP contribution in [0.15, 0.2) is 0 Å². The summed E-state index contributed by atoms with van der Waals surface area (Å²) in [6.07, 6.45) is 0. The average Bonchev–Trinajstić information content (AvgIpc) is 2.27. The third kappa shape index (κ3) is 0.619. The van der Waals surface area contributed by atoms with E-state index in [-0.39, 0.29) is 0 Å². The lowest BCUT2D eigenvalue weighted by Crippen LogP contribution is -2.18. The molecule has 1 saturated carbocycles. The summed E-state index contributed by atoms with van der Waals surface area (Å²) in [5, 5.41) is 0. The molecular formula is C5H6ClF2N. The number of fused-ring (bicyclic) bond motifs is 1. The van der Waals surface area contributed by atoms with Crippen LogP contribution in [-0.4, -0.2) is 23.4 Å². The summed E-state index contributed by atoms with van der Waals surface area (Å²) in [6, 6.07) is 0. The van der Waals surface area contributed by atoms with E-state index in [0.29, 0.717) is 13.1 Å². The van der Waals surface area contributed by atoms with Gasteiger partial charge in [0.15, 0.2) is 0 Å². The highest BCUT2D eigenvalue weighted by Crippen LogP contribution is 2.59. The molecule has 0 aromatic carbocycles. The minimum absolute atomic E-state index is 0.360. The van der Waals surface area contributed by atoms with Gasteiger partial charge in [-0.1, -0.05) is 0 Å². The average molecular weight is 154 g/mol. The molecule has 0 N–H and O–H groups in total. The number of nitrogens with zero attached hydrogens (tertiary/aromatic N) is 1. The fourth-order valence-electron chi connectivity index (χ4n) is 1.46. The van der Waals surface area contributed by atoms with Crippen molar-refractivity contribution < 1.29 is 8.78 Å². The lowest BCUT2D eigenvalue weighted by atomic mass is 10.4. The number of alkyl halides is 2. The zero-order valence-electron chi connectivity index (χ0n) is 4.65. The molecule has 1 aliphatic carbocycles. The van der Waals surface area contributed by atoms with Gasteiger partial charge in [0.1, 0.15) is 0 Å². The van der Waals surface area contributed by atoms with Crippen molar-refractivity contribution in [3.8, 4) is 0 Å². The molecule has 2 rings (SSSR count). The minimum atomic E-state index is -2.38. The molecule has 9 heavy (non-hydrogen) atoms. The maximum atomic E-state index is 12.3. The van der Waals surface area contributed by atoms with Gasteiger partial charge >= 0.3 is 0 Å². The highest BCUT2D eigenvalue weighted by atomic mass is 35.5. The predicted molar refractivity (Wildman–Crippen MR) is 29.4 cm³/mol. The third-order valence-electron chi connectivity index (χ3n) is 2.15. The molecule has 2 fully saturated rings. The van der Waals surface area contributed by atoms with Crippen molar-refractivity contribution >= 4 is 11.8 Å². The van der Waals surface area contributed by atoms with Crippen molar-refractivity contribution in [3.05, 3.63) is 0 Å². The largest absolute Gasteiger partial charge is 0.257 e. The molecule has 0 aromatic heterocycles. The topological polar surface area (TPSA) is 3.24 Å². The fraction of sp³-hybridized carbons (Fsp3) is 1.00. The number of hydrogen-bond donors (Lipinski definition) is 0. The first-order chi connectivity index (χ1) is 4.12. The van der Waals surface area contributed by atoms with E-state index in [0.717, 1.165) is 0 Å². The number of piperidine rings is 1. The van der Waals surface area contributed by atoms with Gasteiger partial charge in [-0.2, -0.15) is 0 Å². The summed E-state index contributed by atoms with van der Waals surface area (Å²) < 4.78 is 26.1. The van der Waals surface area contributed by atoms with Crippen LogP contribution in [0.1, 0.15) is 0 Å². The van der Waals surface area contributed by atoms with Crippen molar-refractivity contribution in [2.45, 2.75) is 5.92 Å². The molecular weight excluding hydrogens is 148 g/mol. The summed E-state index contributed by atoms with van der Waals surface area (Å²) in [4.78, 5) is 0. The predicted octanol–water partition coefficient (Wildman–Crippen LogP) is 1.34. The van der Waals surface area contributed by atoms with Gasteiger partial charge in [0.25, 0.3) is 5.92 Å². The van der Waals surface area contributed by atoms with Crippen molar-refractivity contribution in [2.75, 3.05) is 13.1 Å². The van der Waals surface area contributed by atoms with E-state index in [9.17, 15) is 8.78 Å². The van der Waals surface area contributed by atoms with Crippen LogP contribution in [0.25, 0.3) is 0 Å². The number of rotatable bonds is 0. The first kappa shape index (κ1) is 5.86. The van der Waals surface area contributed by atoms with Crippen LogP contribution in [0.3, 0.4) is 0 Å². The van der Waals surface area contributed by atoms with Crippen LogP contribution in [-0.2, 0) is 0 Å². The van der Waals surface area contributed by atoms with Crippen LogP contribution < -0.4 is 0 Å². The molecule has 0 bridgehead atoms. The normalized spacial score (nSPS) is 47.0. The van der Waals surface area contributed by atoms with Crippen LogP contribution >= 0.6 is 11.8 Å². The number of hydrogen-bond acceptors (Lipinski definition) is 1. The maximum Gasteiger partial charge on any atom is 0.257 e. The van der Waals surface area contributed by atoms with Gasteiger partial charge in [0.05, 0.1) is 0 Å². The van der Waals surface area contributed by atoms with E-state index < -0.39 is 17.8 Å². The second-order valence-corrected chi connectivity index (χ2v) is 3.19. The minimum Gasteiger partial charge on any atom is -0.219 e. The van der Waals surface area contributed by atoms with Gasteiger partial charge in [0, 0.05) is 24.9 Å². The van der Waals surface area contributed by atoms with Crippen molar-refractivity contribution in [1.29, 1.82) is 0 Å². The van der Waals surface area contributed by atoms with Gasteiger partial charge < -0.3 is 0 Å². The highest BCUT2D eigenvalue weighted by Gasteiger charge is 2.71. The van der Waals surface area contributed by atoms with E-state index in [1.807, 2.05) is 0 Å². The van der Waals surface area contributed by atoms with Crippen LogP contribution in [0.2, 0.25) is 0 Å². The molecule has 2 unspecified atom stereocenters. The van der Waals surface area contributed by atoms with Gasteiger partial charge in [-0.15, -0.1) is 0 Å². The Hall–Kier alpha value is 0.110. The Balaban J connectivity index is 2.06. The third-order valence-corrected chi connectivity index (χ3v) is 2.43. The second-order valence-electron chi connectivity index (χ2n) is 2.72. The van der Waals surface area contributed by atoms with Crippen LogP contribution in [0.5, 0.6) is 0 Å². The summed E-state index contributed by atoms with van der Waals surface area (Å²) in [5.41, 5.74) is 0. The molecule has 1 aliphatic heterocycles. The van der Waals surface area contributed by atoms with Crippen LogP contribution in [0.4, 0.5) is 8.78 Å². The summed E-state index contributed by atoms with van der Waals surface area (Å²) >= 11 is 5.46. The van der Waals surface area contributed by atoms with Crippen molar-refractivity contribution in [2.24, 2.45) is 11.8 Å². The Bertz CT molecular complexity index is 136. The monoisotopic (exact) mass is 153 g/mol. The van der Waals surface area contributed by atoms with Gasteiger partial charge in [-0.05, 0) is 11.8 Å². The molecule has 0 amide bonds. The first-order valence-corrected chi connectivity index (χ1v) is 3.24. The Labute approximate surface area is 56.7 Å². The molecule has 1 nitrogen and oxygen atoms in total. The van der Waals surface area contributed by atoms with E-state index in [2.05, 4.69) is 0 Å². The zero-order chi connectivity index (χ0) is 6.65. The zero-order valence-corrected chi connectivity index (χ0v) is 5.41. The van der Waals surface area contributed by atoms with E-state index >= 15 is 0 Å². The fourth-order valence-corrected chi connectivity index (χ4v) is 1.76. The van der Waals surface area contributed by atoms with Gasteiger partial charge in [-0.25, -0.2) is 13.2 Å². The molecule has 1 heterocycles. The lowest BCUT2D eigenvalue weighted by molar-refractivity contribution is 0.0664. The molecule has 52 valence electrons. The van der Waals surface area contributed by atoms with Gasteiger partial charge in [0.2, 0.25) is 0 Å².